The molecule has 1 aliphatic rings. The van der Waals surface area contributed by atoms with Crippen molar-refractivity contribution in [1.29, 1.82) is 0 Å². The van der Waals surface area contributed by atoms with Crippen molar-refractivity contribution in [3.05, 3.63) is 65.7 Å². The van der Waals surface area contributed by atoms with E-state index in [1.807, 2.05) is 42.2 Å². The van der Waals surface area contributed by atoms with E-state index in [4.69, 9.17) is 4.74 Å². The Balaban J connectivity index is 1.57. The zero-order chi connectivity index (χ0) is 16.1. The Labute approximate surface area is 137 Å². The number of likely N-dealkylation sites (tertiary alicyclic amines) is 1. The number of carbonyl (C=O) groups is 1. The molecular formula is C20H23NO2. The molecule has 0 radical (unpaired) electrons. The zero-order valence-electron chi connectivity index (χ0n) is 13.6. The van der Waals surface area contributed by atoms with E-state index in [2.05, 4.69) is 24.3 Å². The van der Waals surface area contributed by atoms with Crippen LogP contribution in [0.4, 0.5) is 0 Å². The highest BCUT2D eigenvalue weighted by Gasteiger charge is 2.26. The van der Waals surface area contributed by atoms with Crippen molar-refractivity contribution in [2.45, 2.75) is 25.7 Å². The van der Waals surface area contributed by atoms with Gasteiger partial charge in [0.05, 0.1) is 13.0 Å². The zero-order valence-corrected chi connectivity index (χ0v) is 13.6. The van der Waals surface area contributed by atoms with Crippen LogP contribution in [0.25, 0.3) is 0 Å². The minimum absolute atomic E-state index is 0.215. The van der Waals surface area contributed by atoms with Gasteiger partial charge in [0.25, 0.3) is 0 Å². The summed E-state index contributed by atoms with van der Waals surface area (Å²) in [5, 5.41) is 0. The number of benzene rings is 2. The highest BCUT2D eigenvalue weighted by atomic mass is 16.5. The lowest BCUT2D eigenvalue weighted by Gasteiger charge is -2.17. The van der Waals surface area contributed by atoms with Gasteiger partial charge < -0.3 is 9.64 Å². The fourth-order valence-corrected chi connectivity index (χ4v) is 3.14. The minimum atomic E-state index is 0.215. The number of hydrogen-bond donors (Lipinski definition) is 0. The molecule has 3 rings (SSSR count). The van der Waals surface area contributed by atoms with Crippen molar-refractivity contribution in [2.24, 2.45) is 0 Å². The Morgan fingerprint density at radius 2 is 1.87 bits per heavy atom. The molecule has 2 aromatic rings. The van der Waals surface area contributed by atoms with Gasteiger partial charge in [0, 0.05) is 19.0 Å². The number of carbonyl (C=O) groups excluding carboxylic acids is 1. The van der Waals surface area contributed by atoms with Crippen molar-refractivity contribution in [3.8, 4) is 5.75 Å². The van der Waals surface area contributed by atoms with Crippen molar-refractivity contribution in [3.63, 3.8) is 0 Å². The molecule has 1 unspecified atom stereocenters. The van der Waals surface area contributed by atoms with Gasteiger partial charge in [-0.1, -0.05) is 42.5 Å². The van der Waals surface area contributed by atoms with E-state index in [0.717, 1.165) is 30.8 Å². The summed E-state index contributed by atoms with van der Waals surface area (Å²) >= 11 is 0. The molecule has 1 atom stereocenters. The first-order valence-electron chi connectivity index (χ1n) is 8.30. The first-order chi connectivity index (χ1) is 11.3. The minimum Gasteiger partial charge on any atom is -0.494 e. The van der Waals surface area contributed by atoms with Crippen molar-refractivity contribution in [2.75, 3.05) is 19.7 Å². The molecule has 0 bridgehead atoms. The molecule has 3 heteroatoms. The first kappa shape index (κ1) is 15.6. The third-order valence-corrected chi connectivity index (χ3v) is 4.40. The Hall–Kier alpha value is -2.29. The predicted octanol–water partition coefficient (Wildman–Crippen LogP) is 3.64. The second kappa shape index (κ2) is 7.32. The first-order valence-corrected chi connectivity index (χ1v) is 8.30. The number of hydrogen-bond acceptors (Lipinski definition) is 2. The maximum absolute atomic E-state index is 12.5. The summed E-state index contributed by atoms with van der Waals surface area (Å²) in [6.07, 6.45) is 1.52. The van der Waals surface area contributed by atoms with E-state index in [9.17, 15) is 4.79 Å². The SMILES string of the molecule is CCOc1ccc(CC(=O)N2CCC(c3ccccc3)C2)cc1. The van der Waals surface area contributed by atoms with E-state index >= 15 is 0 Å². The van der Waals surface area contributed by atoms with Gasteiger partial charge in [-0.15, -0.1) is 0 Å². The molecule has 1 fully saturated rings. The van der Waals surface area contributed by atoms with Crippen LogP contribution in [0.15, 0.2) is 54.6 Å². The number of rotatable bonds is 5. The fraction of sp³-hybridized carbons (Fsp3) is 0.350. The molecule has 0 saturated carbocycles. The third-order valence-electron chi connectivity index (χ3n) is 4.40. The van der Waals surface area contributed by atoms with E-state index in [1.54, 1.807) is 0 Å². The van der Waals surface area contributed by atoms with Crippen LogP contribution in [0.2, 0.25) is 0 Å². The van der Waals surface area contributed by atoms with Crippen LogP contribution < -0.4 is 4.74 Å². The topological polar surface area (TPSA) is 29.5 Å². The lowest BCUT2D eigenvalue weighted by molar-refractivity contribution is -0.129. The quantitative estimate of drug-likeness (QED) is 0.844. The smallest absolute Gasteiger partial charge is 0.227 e. The van der Waals surface area contributed by atoms with Gasteiger partial charge in [-0.2, -0.15) is 0 Å². The maximum atomic E-state index is 12.5. The molecule has 0 aromatic heterocycles. The summed E-state index contributed by atoms with van der Waals surface area (Å²) in [7, 11) is 0. The molecule has 120 valence electrons. The van der Waals surface area contributed by atoms with Gasteiger partial charge in [0.15, 0.2) is 0 Å². The molecule has 3 nitrogen and oxygen atoms in total. The van der Waals surface area contributed by atoms with Crippen LogP contribution in [0.3, 0.4) is 0 Å². The summed E-state index contributed by atoms with van der Waals surface area (Å²) < 4.78 is 5.43. The van der Waals surface area contributed by atoms with Gasteiger partial charge in [-0.25, -0.2) is 0 Å². The van der Waals surface area contributed by atoms with Crippen LogP contribution in [-0.2, 0) is 11.2 Å². The van der Waals surface area contributed by atoms with Crippen LogP contribution >= 0.6 is 0 Å². The molecular weight excluding hydrogens is 286 g/mol. The van der Waals surface area contributed by atoms with Crippen LogP contribution in [-0.4, -0.2) is 30.5 Å². The van der Waals surface area contributed by atoms with Crippen LogP contribution in [0.1, 0.15) is 30.4 Å². The highest BCUT2D eigenvalue weighted by molar-refractivity contribution is 5.79. The Bertz CT molecular complexity index is 636. The number of ether oxygens (including phenoxy) is 1. The molecule has 0 spiro atoms. The second-order valence-electron chi connectivity index (χ2n) is 5.99. The Kier molecular flexibility index (Phi) is 4.96. The number of nitrogens with zero attached hydrogens (tertiary/aromatic N) is 1. The summed E-state index contributed by atoms with van der Waals surface area (Å²) in [5.74, 6) is 1.54. The molecule has 0 N–H and O–H groups in total. The maximum Gasteiger partial charge on any atom is 0.227 e. The van der Waals surface area contributed by atoms with E-state index < -0.39 is 0 Å². The molecule has 2 aromatic carbocycles. The molecule has 1 aliphatic heterocycles. The Morgan fingerprint density at radius 1 is 1.13 bits per heavy atom. The van der Waals surface area contributed by atoms with E-state index in [-0.39, 0.29) is 5.91 Å². The van der Waals surface area contributed by atoms with Crippen molar-refractivity contribution < 1.29 is 9.53 Å². The largest absolute Gasteiger partial charge is 0.494 e. The summed E-state index contributed by atoms with van der Waals surface area (Å²) in [6.45, 7) is 4.32. The average molecular weight is 309 g/mol. The molecule has 1 heterocycles. The lowest BCUT2D eigenvalue weighted by atomic mass is 9.99. The average Bonchev–Trinajstić information content (AvgIpc) is 3.08. The normalized spacial score (nSPS) is 17.3. The molecule has 1 saturated heterocycles. The molecule has 23 heavy (non-hydrogen) atoms. The lowest BCUT2D eigenvalue weighted by Crippen LogP contribution is -2.29. The summed E-state index contributed by atoms with van der Waals surface area (Å²) in [5.41, 5.74) is 2.38. The van der Waals surface area contributed by atoms with Gasteiger partial charge in [0.1, 0.15) is 5.75 Å². The standard InChI is InChI=1S/C20H23NO2/c1-2-23-19-10-8-16(9-11-19)14-20(22)21-13-12-18(15-21)17-6-4-3-5-7-17/h3-11,18H,2,12-15H2,1H3. The second-order valence-corrected chi connectivity index (χ2v) is 5.99. The Morgan fingerprint density at radius 3 is 2.57 bits per heavy atom. The summed E-state index contributed by atoms with van der Waals surface area (Å²) in [4.78, 5) is 14.5. The third kappa shape index (κ3) is 3.92. The fourth-order valence-electron chi connectivity index (χ4n) is 3.14. The highest BCUT2D eigenvalue weighted by Crippen LogP contribution is 2.27. The van der Waals surface area contributed by atoms with Crippen molar-refractivity contribution >= 4 is 5.91 Å². The monoisotopic (exact) mass is 309 g/mol. The van der Waals surface area contributed by atoms with Crippen LogP contribution in [0, 0.1) is 0 Å². The van der Waals surface area contributed by atoms with E-state index in [1.165, 1.54) is 5.56 Å². The van der Waals surface area contributed by atoms with E-state index in [0.29, 0.717) is 18.9 Å². The molecule has 0 aliphatic carbocycles. The van der Waals surface area contributed by atoms with Gasteiger partial charge >= 0.3 is 0 Å². The van der Waals surface area contributed by atoms with Crippen molar-refractivity contribution in [1.82, 2.24) is 4.90 Å². The van der Waals surface area contributed by atoms with Gasteiger partial charge in [-0.05, 0) is 36.6 Å². The molecule has 1 amide bonds. The van der Waals surface area contributed by atoms with Gasteiger partial charge in [-0.3, -0.25) is 4.79 Å². The summed E-state index contributed by atoms with van der Waals surface area (Å²) in [6, 6.07) is 18.3. The predicted molar refractivity (Wildman–Crippen MR) is 91.7 cm³/mol. The van der Waals surface area contributed by atoms with Crippen LogP contribution in [0.5, 0.6) is 5.75 Å². The number of amides is 1. The van der Waals surface area contributed by atoms with Gasteiger partial charge in [0.2, 0.25) is 5.91 Å².